The van der Waals surface area contributed by atoms with Gasteiger partial charge in [-0.25, -0.2) is 8.42 Å². The Bertz CT molecular complexity index is 1120. The summed E-state index contributed by atoms with van der Waals surface area (Å²) >= 11 is 0. The van der Waals surface area contributed by atoms with E-state index < -0.39 is 10.0 Å². The maximum absolute atomic E-state index is 14.0. The van der Waals surface area contributed by atoms with Crippen LogP contribution in [0.5, 0.6) is 5.75 Å². The van der Waals surface area contributed by atoms with Crippen molar-refractivity contribution in [1.82, 2.24) is 9.21 Å². The third-order valence-corrected chi connectivity index (χ3v) is 10.7. The number of ether oxygens (including phenoxy) is 1. The Morgan fingerprint density at radius 2 is 1.76 bits per heavy atom. The molecule has 4 bridgehead atoms. The van der Waals surface area contributed by atoms with E-state index in [-0.39, 0.29) is 6.04 Å². The van der Waals surface area contributed by atoms with E-state index in [4.69, 9.17) is 4.74 Å². The van der Waals surface area contributed by atoms with Gasteiger partial charge in [-0.2, -0.15) is 4.31 Å². The molecule has 5 nitrogen and oxygen atoms in total. The maximum Gasteiger partial charge on any atom is 0.243 e. The highest BCUT2D eigenvalue weighted by Gasteiger charge is 2.46. The van der Waals surface area contributed by atoms with Crippen molar-refractivity contribution in [2.45, 2.75) is 68.8 Å². The number of sulfonamides is 1. The minimum absolute atomic E-state index is 0.165. The standard InChI is InChI=1S/C27H36N2O3S/c1-2-28-9-5-7-23(28)18-32-27-16-25(15-22-6-3-4-8-26(22)27)33(30,31)29-17-21-11-19-10-20(12-21)14-24(29)13-19/h3-4,6,8,15-16,19-21,23-24H,2,5,7,9-14,17-18H2,1H3. The zero-order valence-electron chi connectivity index (χ0n) is 19.7. The van der Waals surface area contributed by atoms with Gasteiger partial charge >= 0.3 is 0 Å². The molecule has 2 aromatic rings. The molecule has 178 valence electrons. The Morgan fingerprint density at radius 3 is 2.55 bits per heavy atom. The molecule has 3 heterocycles. The lowest BCUT2D eigenvalue weighted by Crippen LogP contribution is -2.42. The molecular weight excluding hydrogens is 432 g/mol. The van der Waals surface area contributed by atoms with Gasteiger partial charge in [0.25, 0.3) is 0 Å². The van der Waals surface area contributed by atoms with E-state index >= 15 is 0 Å². The van der Waals surface area contributed by atoms with E-state index in [1.54, 1.807) is 6.07 Å². The number of rotatable bonds is 6. The molecular formula is C27H36N2O3S. The molecule has 2 saturated carbocycles. The molecule has 0 spiro atoms. The van der Waals surface area contributed by atoms with Crippen molar-refractivity contribution in [3.05, 3.63) is 36.4 Å². The molecule has 5 aliphatic rings. The lowest BCUT2D eigenvalue weighted by atomic mass is 9.68. The predicted molar refractivity (Wildman–Crippen MR) is 131 cm³/mol. The number of hydrogen-bond donors (Lipinski definition) is 0. The lowest BCUT2D eigenvalue weighted by molar-refractivity contribution is 0.148. The van der Waals surface area contributed by atoms with Crippen LogP contribution in [0.15, 0.2) is 41.3 Å². The van der Waals surface area contributed by atoms with Crippen molar-refractivity contribution in [2.75, 3.05) is 26.2 Å². The van der Waals surface area contributed by atoms with Gasteiger partial charge in [0.1, 0.15) is 12.4 Å². The van der Waals surface area contributed by atoms with Gasteiger partial charge in [0.05, 0.1) is 4.90 Å². The molecule has 2 aromatic carbocycles. The van der Waals surface area contributed by atoms with Gasteiger partial charge in [0.2, 0.25) is 10.0 Å². The van der Waals surface area contributed by atoms with Crippen molar-refractivity contribution in [3.63, 3.8) is 0 Å². The summed E-state index contributed by atoms with van der Waals surface area (Å²) in [7, 11) is -3.57. The third kappa shape index (κ3) is 3.98. The lowest BCUT2D eigenvalue weighted by Gasteiger charge is -2.38. The van der Waals surface area contributed by atoms with Gasteiger partial charge < -0.3 is 4.74 Å². The Kier molecular flexibility index (Phi) is 5.66. The molecule has 0 radical (unpaired) electrons. The Morgan fingerprint density at radius 1 is 1.00 bits per heavy atom. The summed E-state index contributed by atoms with van der Waals surface area (Å²) in [6, 6.07) is 12.3. The quantitative estimate of drug-likeness (QED) is 0.605. The molecule has 2 aliphatic carbocycles. The number of nitrogens with zero attached hydrogens (tertiary/aromatic N) is 2. The van der Waals surface area contributed by atoms with Gasteiger partial charge in [-0.15, -0.1) is 0 Å². The molecule has 33 heavy (non-hydrogen) atoms. The molecule has 6 heteroatoms. The fourth-order valence-corrected chi connectivity index (χ4v) is 9.15. The van der Waals surface area contributed by atoms with Crippen LogP contribution in [0.3, 0.4) is 0 Å². The predicted octanol–water partition coefficient (Wildman–Crippen LogP) is 4.90. The average molecular weight is 469 g/mol. The van der Waals surface area contributed by atoms with Crippen LogP contribution in [0.25, 0.3) is 10.8 Å². The highest BCUT2D eigenvalue weighted by atomic mass is 32.2. The number of benzene rings is 2. The van der Waals surface area contributed by atoms with E-state index in [2.05, 4.69) is 11.8 Å². The molecule has 0 N–H and O–H groups in total. The second-order valence-corrected chi connectivity index (χ2v) is 12.8. The van der Waals surface area contributed by atoms with Crippen molar-refractivity contribution in [2.24, 2.45) is 17.8 Å². The van der Waals surface area contributed by atoms with Crippen molar-refractivity contribution < 1.29 is 13.2 Å². The van der Waals surface area contributed by atoms with Crippen LogP contribution in [0.1, 0.15) is 51.9 Å². The second-order valence-electron chi connectivity index (χ2n) is 10.9. The van der Waals surface area contributed by atoms with Crippen molar-refractivity contribution in [3.8, 4) is 5.75 Å². The molecule has 3 atom stereocenters. The fraction of sp³-hybridized carbons (Fsp3) is 0.630. The van der Waals surface area contributed by atoms with Crippen LogP contribution in [0, 0.1) is 17.8 Å². The van der Waals surface area contributed by atoms with Crippen LogP contribution in [0.2, 0.25) is 0 Å². The summed E-state index contributed by atoms with van der Waals surface area (Å²) in [6.07, 6.45) is 8.15. The summed E-state index contributed by atoms with van der Waals surface area (Å²) in [5.41, 5.74) is 0. The summed E-state index contributed by atoms with van der Waals surface area (Å²) < 4.78 is 36.3. The normalized spacial score (nSPS) is 32.5. The van der Waals surface area contributed by atoms with Crippen LogP contribution < -0.4 is 4.74 Å². The van der Waals surface area contributed by atoms with Gasteiger partial charge in [-0.05, 0) is 87.2 Å². The Hall–Kier alpha value is -1.63. The second kappa shape index (κ2) is 8.54. The molecule has 5 fully saturated rings. The van der Waals surface area contributed by atoms with Gasteiger partial charge in [0.15, 0.2) is 0 Å². The van der Waals surface area contributed by atoms with Gasteiger partial charge in [-0.1, -0.05) is 31.2 Å². The third-order valence-electron chi connectivity index (χ3n) is 8.80. The zero-order chi connectivity index (χ0) is 22.6. The topological polar surface area (TPSA) is 49.9 Å². The molecule has 0 amide bonds. The van der Waals surface area contributed by atoms with Crippen LogP contribution >= 0.6 is 0 Å². The smallest absolute Gasteiger partial charge is 0.243 e. The zero-order valence-corrected chi connectivity index (χ0v) is 20.5. The van der Waals surface area contributed by atoms with Crippen LogP contribution in [-0.2, 0) is 10.0 Å². The summed E-state index contributed by atoms with van der Waals surface area (Å²) in [5, 5.41) is 1.93. The monoisotopic (exact) mass is 468 g/mol. The largest absolute Gasteiger partial charge is 0.491 e. The first-order valence-corrected chi connectivity index (χ1v) is 14.4. The summed E-state index contributed by atoms with van der Waals surface area (Å²) in [6.45, 7) is 5.65. The Balaban J connectivity index is 1.34. The highest BCUT2D eigenvalue weighted by molar-refractivity contribution is 7.89. The number of likely N-dealkylation sites (tertiary alicyclic amines) is 1. The minimum Gasteiger partial charge on any atom is -0.491 e. The SMILES string of the molecule is CCN1CCCC1COc1cc(S(=O)(=O)N2CC3CC4CC(C3)CC2C4)cc2ccccc12. The Labute approximate surface area is 198 Å². The first kappa shape index (κ1) is 21.9. The van der Waals surface area contributed by atoms with Crippen LogP contribution in [-0.4, -0.2) is 55.9 Å². The molecule has 0 aromatic heterocycles. The molecule has 3 unspecified atom stereocenters. The van der Waals surface area contributed by atoms with E-state index in [9.17, 15) is 8.42 Å². The maximum atomic E-state index is 14.0. The van der Waals surface area contributed by atoms with E-state index in [1.807, 2.05) is 34.6 Å². The van der Waals surface area contributed by atoms with E-state index in [0.717, 1.165) is 55.0 Å². The van der Waals surface area contributed by atoms with Crippen molar-refractivity contribution in [1.29, 1.82) is 0 Å². The van der Waals surface area contributed by atoms with E-state index in [1.165, 1.54) is 25.7 Å². The number of fused-ring (bicyclic) bond motifs is 2. The summed E-state index contributed by atoms with van der Waals surface area (Å²) in [5.74, 6) is 2.66. The van der Waals surface area contributed by atoms with E-state index in [0.29, 0.717) is 35.8 Å². The highest BCUT2D eigenvalue weighted by Crippen LogP contribution is 2.49. The molecule has 3 aliphatic heterocycles. The van der Waals surface area contributed by atoms with Crippen molar-refractivity contribution >= 4 is 20.8 Å². The van der Waals surface area contributed by atoms with Crippen LogP contribution in [0.4, 0.5) is 0 Å². The van der Waals surface area contributed by atoms with Gasteiger partial charge in [-0.3, -0.25) is 4.90 Å². The molecule has 7 rings (SSSR count). The number of hydrogen-bond acceptors (Lipinski definition) is 4. The first-order valence-electron chi connectivity index (χ1n) is 12.9. The fourth-order valence-electron chi connectivity index (χ4n) is 7.37. The first-order chi connectivity index (χ1) is 16.0. The average Bonchev–Trinajstić information content (AvgIpc) is 3.18. The summed E-state index contributed by atoms with van der Waals surface area (Å²) in [4.78, 5) is 2.86. The van der Waals surface area contributed by atoms with Gasteiger partial charge in [0, 0.05) is 30.1 Å². The number of likely N-dealkylation sites (N-methyl/N-ethyl adjacent to an activating group) is 1. The minimum atomic E-state index is -3.57. The molecule has 3 saturated heterocycles.